The second-order valence-corrected chi connectivity index (χ2v) is 10.9. The molecule has 1 aromatic carbocycles. The Kier molecular flexibility index (Phi) is 8.00. The van der Waals surface area contributed by atoms with Crippen LogP contribution in [0.15, 0.2) is 59.7 Å². The van der Waals surface area contributed by atoms with Gasteiger partial charge in [0.1, 0.15) is 12.1 Å². The Hall–Kier alpha value is -2.60. The fourth-order valence-corrected chi connectivity index (χ4v) is 5.61. The number of hydrogen-bond donors (Lipinski definition) is 2. The van der Waals surface area contributed by atoms with Gasteiger partial charge in [-0.15, -0.1) is 0 Å². The molecular weight excluding hydrogens is 534 g/mol. The van der Waals surface area contributed by atoms with E-state index in [2.05, 4.69) is 38.1 Å². The van der Waals surface area contributed by atoms with E-state index in [1.54, 1.807) is 6.07 Å². The Morgan fingerprint density at radius 2 is 2.14 bits per heavy atom. The summed E-state index contributed by atoms with van der Waals surface area (Å²) in [5.41, 5.74) is 2.06. The number of hydrogen-bond acceptors (Lipinski definition) is 7. The Balaban J connectivity index is 1.47. The largest absolute Gasteiger partial charge is 0.366 e. The minimum atomic E-state index is -3.98. The number of nitrogens with one attached hydrogen (secondary N) is 1. The summed E-state index contributed by atoms with van der Waals surface area (Å²) in [5, 5.41) is 8.42. The third-order valence-electron chi connectivity index (χ3n) is 6.43. The average molecular weight is 562 g/mol. The fourth-order valence-electron chi connectivity index (χ4n) is 4.80. The number of carbonyl (C=O) groups is 1. The van der Waals surface area contributed by atoms with Gasteiger partial charge >= 0.3 is 10.3 Å². The van der Waals surface area contributed by atoms with Gasteiger partial charge in [0.05, 0.1) is 12.2 Å². The number of anilines is 1. The molecule has 186 valence electrons. The normalized spacial score (nSPS) is 20.1. The molecule has 0 radical (unpaired) electrons. The van der Waals surface area contributed by atoms with Crippen molar-refractivity contribution >= 4 is 37.8 Å². The lowest BCUT2D eigenvalue weighted by atomic mass is 9.91. The minimum Gasteiger partial charge on any atom is -0.366 e. The van der Waals surface area contributed by atoms with Gasteiger partial charge in [0, 0.05) is 41.2 Å². The van der Waals surface area contributed by atoms with E-state index in [1.807, 2.05) is 41.2 Å². The first kappa shape index (κ1) is 25.5. The van der Waals surface area contributed by atoms with E-state index in [0.717, 1.165) is 29.3 Å². The van der Waals surface area contributed by atoms with Crippen LogP contribution in [0.4, 0.5) is 5.82 Å². The molecule has 11 heteroatoms. The Labute approximate surface area is 213 Å². The predicted molar refractivity (Wildman–Crippen MR) is 136 cm³/mol. The monoisotopic (exact) mass is 561 g/mol. The second-order valence-electron chi connectivity index (χ2n) is 8.75. The highest BCUT2D eigenvalue weighted by atomic mass is 79.9. The molecule has 1 saturated carbocycles. The van der Waals surface area contributed by atoms with Crippen LogP contribution in [0.5, 0.6) is 0 Å². The molecule has 1 aliphatic carbocycles. The van der Waals surface area contributed by atoms with Crippen LogP contribution in [0.25, 0.3) is 0 Å². The summed E-state index contributed by atoms with van der Waals surface area (Å²) in [6.45, 7) is 2.75. The molecule has 4 rings (SSSR count). The van der Waals surface area contributed by atoms with Gasteiger partial charge in [-0.1, -0.05) is 41.4 Å². The molecule has 3 unspecified atom stereocenters. The van der Waals surface area contributed by atoms with Crippen molar-refractivity contribution in [2.45, 2.75) is 38.8 Å². The highest BCUT2D eigenvalue weighted by Gasteiger charge is 2.36. The van der Waals surface area contributed by atoms with Crippen LogP contribution in [-0.2, 0) is 21.0 Å². The first-order valence-electron chi connectivity index (χ1n) is 11.4. The number of halogens is 1. The quantitative estimate of drug-likeness (QED) is 0.360. The second kappa shape index (κ2) is 11.0. The van der Waals surface area contributed by atoms with E-state index >= 15 is 0 Å². The first-order valence-corrected chi connectivity index (χ1v) is 13.7. The van der Waals surface area contributed by atoms with Gasteiger partial charge in [0.2, 0.25) is 0 Å². The van der Waals surface area contributed by atoms with Crippen LogP contribution in [0.1, 0.15) is 47.7 Å². The van der Waals surface area contributed by atoms with Gasteiger partial charge in [-0.25, -0.2) is 15.1 Å². The van der Waals surface area contributed by atoms with Crippen molar-refractivity contribution in [2.75, 3.05) is 11.9 Å². The first-order chi connectivity index (χ1) is 16.7. The van der Waals surface area contributed by atoms with E-state index < -0.39 is 10.3 Å². The lowest BCUT2D eigenvalue weighted by Crippen LogP contribution is -2.30. The van der Waals surface area contributed by atoms with E-state index in [4.69, 9.17) is 9.32 Å². The Morgan fingerprint density at radius 3 is 2.89 bits per heavy atom. The molecule has 9 nitrogen and oxygen atoms in total. The van der Waals surface area contributed by atoms with Gasteiger partial charge in [-0.3, -0.25) is 8.98 Å². The molecule has 1 fully saturated rings. The highest BCUT2D eigenvalue weighted by Crippen LogP contribution is 2.37. The third kappa shape index (κ3) is 6.54. The van der Waals surface area contributed by atoms with Crippen molar-refractivity contribution in [3.8, 4) is 0 Å². The molecule has 3 atom stereocenters. The maximum atomic E-state index is 13.3. The molecule has 35 heavy (non-hydrogen) atoms. The van der Waals surface area contributed by atoms with Crippen LogP contribution in [0.3, 0.4) is 0 Å². The number of aromatic nitrogens is 3. The van der Waals surface area contributed by atoms with E-state index in [0.29, 0.717) is 23.5 Å². The van der Waals surface area contributed by atoms with Gasteiger partial charge < -0.3 is 9.88 Å². The Bertz CT molecular complexity index is 1300. The molecule has 2 aromatic heterocycles. The molecule has 3 N–H and O–H groups in total. The zero-order valence-electron chi connectivity index (χ0n) is 19.3. The van der Waals surface area contributed by atoms with Crippen molar-refractivity contribution in [3.05, 3.63) is 76.4 Å². The molecule has 0 saturated heterocycles. The van der Waals surface area contributed by atoms with Gasteiger partial charge in [0.25, 0.3) is 0 Å². The molecule has 0 amide bonds. The summed E-state index contributed by atoms with van der Waals surface area (Å²) >= 11 is 3.48. The third-order valence-corrected chi connectivity index (χ3v) is 7.39. The number of benzene rings is 1. The molecule has 0 bridgehead atoms. The number of ketones is 1. The molecular formula is C24H28BrN5O4S. The van der Waals surface area contributed by atoms with Crippen molar-refractivity contribution in [2.24, 2.45) is 17.0 Å². The van der Waals surface area contributed by atoms with E-state index in [-0.39, 0.29) is 30.3 Å². The number of nitrogens with two attached hydrogens (primary N) is 1. The zero-order chi connectivity index (χ0) is 25.0. The summed E-state index contributed by atoms with van der Waals surface area (Å²) in [7, 11) is -3.98. The number of rotatable bonds is 10. The lowest BCUT2D eigenvalue weighted by Gasteiger charge is -2.25. The summed E-state index contributed by atoms with van der Waals surface area (Å²) in [5.74, 6) is 0.507. The van der Waals surface area contributed by atoms with Crippen LogP contribution >= 0.6 is 15.9 Å². The van der Waals surface area contributed by atoms with Gasteiger partial charge in [-0.05, 0) is 48.4 Å². The summed E-state index contributed by atoms with van der Waals surface area (Å²) < 4.78 is 30.2. The van der Waals surface area contributed by atoms with Gasteiger partial charge in [-0.2, -0.15) is 8.42 Å². The predicted octanol–water partition coefficient (Wildman–Crippen LogP) is 3.76. The molecule has 0 spiro atoms. The molecule has 3 aromatic rings. The maximum absolute atomic E-state index is 13.3. The smallest absolute Gasteiger partial charge is 0.333 e. The van der Waals surface area contributed by atoms with Crippen molar-refractivity contribution < 1.29 is 17.4 Å². The summed E-state index contributed by atoms with van der Waals surface area (Å²) in [6, 6.07) is 9.85. The highest BCUT2D eigenvalue weighted by molar-refractivity contribution is 9.10. The van der Waals surface area contributed by atoms with Crippen LogP contribution in [0.2, 0.25) is 0 Å². The maximum Gasteiger partial charge on any atom is 0.333 e. The number of nitrogens with zero attached hydrogens (tertiary/aromatic N) is 3. The molecule has 2 heterocycles. The topological polar surface area (TPSA) is 129 Å². The Morgan fingerprint density at radius 1 is 1.31 bits per heavy atom. The fraction of sp³-hybridized carbons (Fsp3) is 0.375. The van der Waals surface area contributed by atoms with Crippen LogP contribution < -0.4 is 10.5 Å². The van der Waals surface area contributed by atoms with Gasteiger partial charge in [0.15, 0.2) is 5.78 Å². The average Bonchev–Trinajstić information content (AvgIpc) is 3.44. The van der Waals surface area contributed by atoms with E-state index in [1.165, 1.54) is 12.5 Å². The SMILES string of the molecule is CCC1C(COS(N)(=O)=O)CCC1Nc1ncncc1C(=O)c1ccn(Cc2cccc(Br)c2)c1. The molecule has 0 aliphatic heterocycles. The lowest BCUT2D eigenvalue weighted by molar-refractivity contribution is 0.103. The standard InChI is InChI=1S/C24H28BrN5O4S/c1-2-20-18(14-34-35(26,32)33)6-7-22(20)29-24-21(11-27-15-28-24)23(31)17-8-9-30(13-17)12-16-4-3-5-19(25)10-16/h3-5,8-11,13,15,18,20,22H,2,6-7,12,14H2,1H3,(H2,26,32,33)(H,27,28,29). The van der Waals surface area contributed by atoms with Crippen molar-refractivity contribution in [3.63, 3.8) is 0 Å². The summed E-state index contributed by atoms with van der Waals surface area (Å²) in [6.07, 6.45) is 9.06. The minimum absolute atomic E-state index is 0.0247. The van der Waals surface area contributed by atoms with Crippen molar-refractivity contribution in [1.29, 1.82) is 0 Å². The van der Waals surface area contributed by atoms with Crippen molar-refractivity contribution in [1.82, 2.24) is 14.5 Å². The van der Waals surface area contributed by atoms with Crippen LogP contribution in [0, 0.1) is 11.8 Å². The molecule has 1 aliphatic rings. The van der Waals surface area contributed by atoms with E-state index in [9.17, 15) is 13.2 Å². The zero-order valence-corrected chi connectivity index (χ0v) is 21.7. The number of carbonyl (C=O) groups excluding carboxylic acids is 1. The van der Waals surface area contributed by atoms with Crippen LogP contribution in [-0.4, -0.2) is 41.4 Å². The summed E-state index contributed by atoms with van der Waals surface area (Å²) in [4.78, 5) is 21.8.